The van der Waals surface area contributed by atoms with E-state index in [9.17, 15) is 4.79 Å². The first-order valence-corrected chi connectivity index (χ1v) is 6.18. The SMILES string of the molecule is C=C(C1=CC=[N+]=C1CCCC(C)=O)C1CNC1. The van der Waals surface area contributed by atoms with Crippen LogP contribution in [0.3, 0.4) is 0 Å². The predicted molar refractivity (Wildman–Crippen MR) is 71.3 cm³/mol. The van der Waals surface area contributed by atoms with Crippen molar-refractivity contribution in [1.29, 1.82) is 0 Å². The third kappa shape index (κ3) is 2.82. The third-order valence-corrected chi connectivity index (χ3v) is 3.35. The summed E-state index contributed by atoms with van der Waals surface area (Å²) in [6, 6.07) is 0. The Bertz CT molecular complexity index is 435. The molecule has 0 amide bonds. The van der Waals surface area contributed by atoms with Gasteiger partial charge in [-0.3, -0.25) is 0 Å². The van der Waals surface area contributed by atoms with Gasteiger partial charge in [0.05, 0.1) is 12.0 Å². The van der Waals surface area contributed by atoms with Crippen molar-refractivity contribution < 1.29 is 4.79 Å². The molecule has 0 spiro atoms. The highest BCUT2D eigenvalue weighted by Gasteiger charge is 2.29. The fraction of sp³-hybridized carbons (Fsp3) is 0.500. The molecular weight excluding hydrogens is 212 g/mol. The van der Waals surface area contributed by atoms with Gasteiger partial charge in [-0.05, 0) is 18.9 Å². The lowest BCUT2D eigenvalue weighted by atomic mass is 9.86. The Labute approximate surface area is 102 Å². The summed E-state index contributed by atoms with van der Waals surface area (Å²) < 4.78 is 4.38. The second-order valence-corrected chi connectivity index (χ2v) is 4.74. The van der Waals surface area contributed by atoms with E-state index in [2.05, 4.69) is 16.6 Å². The van der Waals surface area contributed by atoms with Gasteiger partial charge in [0.15, 0.2) is 0 Å². The topological polar surface area (TPSA) is 43.2 Å². The summed E-state index contributed by atoms with van der Waals surface area (Å²) in [5.41, 5.74) is 3.49. The van der Waals surface area contributed by atoms with E-state index in [1.807, 2.05) is 12.3 Å². The zero-order chi connectivity index (χ0) is 12.3. The molecule has 0 bridgehead atoms. The highest BCUT2D eigenvalue weighted by Crippen LogP contribution is 2.24. The lowest BCUT2D eigenvalue weighted by Gasteiger charge is -2.28. The summed E-state index contributed by atoms with van der Waals surface area (Å²) >= 11 is 0. The molecule has 0 radical (unpaired) electrons. The van der Waals surface area contributed by atoms with E-state index < -0.39 is 0 Å². The Morgan fingerprint density at radius 3 is 2.94 bits per heavy atom. The van der Waals surface area contributed by atoms with E-state index in [0.29, 0.717) is 12.3 Å². The predicted octanol–water partition coefficient (Wildman–Crippen LogP) is 1.04. The second kappa shape index (κ2) is 5.26. The molecule has 2 aliphatic heterocycles. The van der Waals surface area contributed by atoms with E-state index >= 15 is 0 Å². The molecule has 0 aromatic rings. The van der Waals surface area contributed by atoms with Crippen LogP contribution in [0.25, 0.3) is 0 Å². The van der Waals surface area contributed by atoms with Crippen LogP contribution in [-0.4, -0.2) is 30.8 Å². The number of allylic oxidation sites excluding steroid dienone is 2. The highest BCUT2D eigenvalue weighted by molar-refractivity contribution is 6.10. The molecule has 1 fully saturated rings. The number of ketones is 1. The van der Waals surface area contributed by atoms with Crippen LogP contribution in [0.5, 0.6) is 0 Å². The monoisotopic (exact) mass is 231 g/mol. The standard InChI is InChI=1S/C14H19N2O/c1-10(17)4-3-5-14-13(6-7-16-14)11(2)12-8-15-9-12/h6-7,12,15H,2-5,8-9H2,1H3/q+1. The van der Waals surface area contributed by atoms with Gasteiger partial charge in [-0.1, -0.05) is 11.2 Å². The van der Waals surface area contributed by atoms with Crippen molar-refractivity contribution in [2.45, 2.75) is 26.2 Å². The van der Waals surface area contributed by atoms with Crippen molar-refractivity contribution >= 4 is 17.7 Å². The van der Waals surface area contributed by atoms with Gasteiger partial charge in [0.2, 0.25) is 0 Å². The van der Waals surface area contributed by atoms with Gasteiger partial charge in [-0.15, -0.1) is 0 Å². The average Bonchev–Trinajstić information content (AvgIpc) is 2.62. The number of hydrogen-bond donors (Lipinski definition) is 1. The minimum Gasteiger partial charge on any atom is -0.315 e. The number of rotatable bonds is 6. The van der Waals surface area contributed by atoms with E-state index in [0.717, 1.165) is 31.6 Å². The van der Waals surface area contributed by atoms with E-state index in [-0.39, 0.29) is 5.78 Å². The van der Waals surface area contributed by atoms with Gasteiger partial charge in [-0.2, -0.15) is 0 Å². The molecule has 3 heteroatoms. The number of nitrogens with one attached hydrogen (secondary N) is 1. The van der Waals surface area contributed by atoms with Crippen LogP contribution < -0.4 is 9.98 Å². The van der Waals surface area contributed by atoms with E-state index in [1.54, 1.807) is 6.92 Å². The van der Waals surface area contributed by atoms with Crippen molar-refractivity contribution in [3.63, 3.8) is 0 Å². The summed E-state index contributed by atoms with van der Waals surface area (Å²) in [5, 5.41) is 3.26. The fourth-order valence-corrected chi connectivity index (χ4v) is 2.12. The molecular formula is C14H19N2O+. The van der Waals surface area contributed by atoms with Gasteiger partial charge in [0.25, 0.3) is 6.21 Å². The third-order valence-electron chi connectivity index (χ3n) is 3.35. The van der Waals surface area contributed by atoms with Crippen molar-refractivity contribution in [3.8, 4) is 0 Å². The lowest BCUT2D eigenvalue weighted by molar-refractivity contribution is -0.117. The molecule has 0 aromatic carbocycles. The van der Waals surface area contributed by atoms with Crippen LogP contribution in [0.1, 0.15) is 26.2 Å². The van der Waals surface area contributed by atoms with Gasteiger partial charge in [0, 0.05) is 31.5 Å². The Kier molecular flexibility index (Phi) is 3.72. The van der Waals surface area contributed by atoms with Crippen molar-refractivity contribution in [2.75, 3.05) is 13.1 Å². The summed E-state index contributed by atoms with van der Waals surface area (Å²) in [7, 11) is 0. The molecule has 0 saturated carbocycles. The van der Waals surface area contributed by atoms with Crippen LogP contribution in [0.2, 0.25) is 0 Å². The first kappa shape index (κ1) is 12.0. The number of nitrogens with zero attached hydrogens (tertiary/aromatic N) is 1. The molecule has 90 valence electrons. The smallest absolute Gasteiger partial charge is 0.311 e. The molecule has 2 rings (SSSR count). The number of Topliss-reactive ketones (excluding diaryl/α,β-unsaturated/α-hetero) is 1. The number of carbonyl (C=O) groups excluding carboxylic acids is 1. The number of carbonyl (C=O) groups is 1. The fourth-order valence-electron chi connectivity index (χ4n) is 2.12. The van der Waals surface area contributed by atoms with Crippen LogP contribution in [-0.2, 0) is 4.79 Å². The van der Waals surface area contributed by atoms with Crippen molar-refractivity contribution in [2.24, 2.45) is 5.92 Å². The first-order valence-electron chi connectivity index (χ1n) is 6.18. The molecule has 17 heavy (non-hydrogen) atoms. The van der Waals surface area contributed by atoms with Crippen LogP contribution in [0, 0.1) is 5.92 Å². The highest BCUT2D eigenvalue weighted by atomic mass is 16.1. The van der Waals surface area contributed by atoms with Gasteiger partial charge in [0.1, 0.15) is 5.78 Å². The van der Waals surface area contributed by atoms with Crippen molar-refractivity contribution in [3.05, 3.63) is 23.8 Å². The van der Waals surface area contributed by atoms with Gasteiger partial charge < -0.3 is 10.1 Å². The Balaban J connectivity index is 1.89. The molecule has 2 heterocycles. The molecule has 0 aliphatic carbocycles. The number of hydrogen-bond acceptors (Lipinski definition) is 2. The maximum Gasteiger partial charge on any atom is 0.311 e. The molecule has 0 atom stereocenters. The Hall–Kier alpha value is -1.44. The first-order chi connectivity index (χ1) is 8.18. The zero-order valence-corrected chi connectivity index (χ0v) is 10.3. The lowest BCUT2D eigenvalue weighted by Crippen LogP contribution is -2.43. The summed E-state index contributed by atoms with van der Waals surface area (Å²) in [6.07, 6.45) is 6.29. The van der Waals surface area contributed by atoms with Gasteiger partial charge in [-0.25, -0.2) is 0 Å². The summed E-state index contributed by atoms with van der Waals surface area (Å²) in [4.78, 5) is 10.9. The second-order valence-electron chi connectivity index (χ2n) is 4.74. The minimum absolute atomic E-state index is 0.250. The quantitative estimate of drug-likeness (QED) is 0.694. The minimum atomic E-state index is 0.250. The molecule has 1 N–H and O–H groups in total. The van der Waals surface area contributed by atoms with Gasteiger partial charge >= 0.3 is 5.71 Å². The van der Waals surface area contributed by atoms with Crippen LogP contribution in [0.4, 0.5) is 0 Å². The van der Waals surface area contributed by atoms with Crippen LogP contribution >= 0.6 is 0 Å². The zero-order valence-electron chi connectivity index (χ0n) is 10.3. The van der Waals surface area contributed by atoms with E-state index in [1.165, 1.54) is 11.1 Å². The molecule has 1 saturated heterocycles. The molecule has 0 unspecified atom stereocenters. The van der Waals surface area contributed by atoms with E-state index in [4.69, 9.17) is 0 Å². The molecule has 3 nitrogen and oxygen atoms in total. The molecule has 2 aliphatic rings. The maximum atomic E-state index is 10.9. The van der Waals surface area contributed by atoms with Crippen LogP contribution in [0.15, 0.2) is 23.8 Å². The molecule has 0 aromatic heterocycles. The summed E-state index contributed by atoms with van der Waals surface area (Å²) in [5.74, 6) is 0.811. The Morgan fingerprint density at radius 1 is 1.59 bits per heavy atom. The summed E-state index contributed by atoms with van der Waals surface area (Å²) in [6.45, 7) is 7.86. The largest absolute Gasteiger partial charge is 0.315 e. The Morgan fingerprint density at radius 2 is 2.35 bits per heavy atom. The normalized spacial score (nSPS) is 18.6. The van der Waals surface area contributed by atoms with Crippen molar-refractivity contribution in [1.82, 2.24) is 9.98 Å². The maximum absolute atomic E-state index is 10.9. The average molecular weight is 231 g/mol.